The standard InChI is InChI=1S/C10H13NO3S2/c1-6-9(5-12)10(7(2)15-6)16(13,14)11-8-3-4-8/h5,8,11H,3-4H2,1-2H3. The average molecular weight is 259 g/mol. The highest BCUT2D eigenvalue weighted by molar-refractivity contribution is 7.89. The van der Waals surface area contributed by atoms with Crippen molar-refractivity contribution in [1.82, 2.24) is 4.72 Å². The third-order valence-corrected chi connectivity index (χ3v) is 5.41. The number of hydrogen-bond acceptors (Lipinski definition) is 4. The first kappa shape index (κ1) is 11.8. The molecular weight excluding hydrogens is 246 g/mol. The Balaban J connectivity index is 2.49. The van der Waals surface area contributed by atoms with Crippen molar-refractivity contribution < 1.29 is 13.2 Å². The van der Waals surface area contributed by atoms with Gasteiger partial charge in [-0.2, -0.15) is 0 Å². The van der Waals surface area contributed by atoms with Gasteiger partial charge >= 0.3 is 0 Å². The summed E-state index contributed by atoms with van der Waals surface area (Å²) in [4.78, 5) is 12.5. The molecule has 2 rings (SSSR count). The number of rotatable bonds is 4. The Labute approximate surface area is 98.7 Å². The van der Waals surface area contributed by atoms with Gasteiger partial charge in [-0.25, -0.2) is 13.1 Å². The summed E-state index contributed by atoms with van der Waals surface area (Å²) in [7, 11) is -3.52. The van der Waals surface area contributed by atoms with Crippen molar-refractivity contribution in [3.8, 4) is 0 Å². The number of sulfonamides is 1. The van der Waals surface area contributed by atoms with E-state index in [1.165, 1.54) is 11.3 Å². The van der Waals surface area contributed by atoms with Gasteiger partial charge in [-0.1, -0.05) is 0 Å². The fraction of sp³-hybridized carbons (Fsp3) is 0.500. The van der Waals surface area contributed by atoms with Crippen LogP contribution in [-0.4, -0.2) is 20.7 Å². The van der Waals surface area contributed by atoms with Crippen molar-refractivity contribution >= 4 is 27.6 Å². The maximum absolute atomic E-state index is 12.0. The van der Waals surface area contributed by atoms with Crippen LogP contribution in [0, 0.1) is 13.8 Å². The fourth-order valence-corrected chi connectivity index (χ4v) is 4.73. The van der Waals surface area contributed by atoms with Crippen molar-refractivity contribution in [2.24, 2.45) is 0 Å². The van der Waals surface area contributed by atoms with Crippen LogP contribution < -0.4 is 4.72 Å². The highest BCUT2D eigenvalue weighted by Crippen LogP contribution is 2.31. The zero-order valence-corrected chi connectivity index (χ0v) is 10.7. The summed E-state index contributed by atoms with van der Waals surface area (Å²) in [6.07, 6.45) is 2.40. The smallest absolute Gasteiger partial charge is 0.242 e. The largest absolute Gasteiger partial charge is 0.298 e. The third kappa shape index (κ3) is 2.05. The van der Waals surface area contributed by atoms with Crippen molar-refractivity contribution in [3.05, 3.63) is 15.3 Å². The van der Waals surface area contributed by atoms with Gasteiger partial charge in [0.1, 0.15) is 4.90 Å². The van der Waals surface area contributed by atoms with Crippen LogP contribution in [0.3, 0.4) is 0 Å². The van der Waals surface area contributed by atoms with E-state index in [0.29, 0.717) is 16.7 Å². The van der Waals surface area contributed by atoms with E-state index < -0.39 is 10.0 Å². The molecule has 1 N–H and O–H groups in total. The normalized spacial score (nSPS) is 16.4. The molecule has 1 fully saturated rings. The summed E-state index contributed by atoms with van der Waals surface area (Å²) < 4.78 is 26.7. The lowest BCUT2D eigenvalue weighted by Gasteiger charge is -2.05. The molecule has 1 aromatic rings. The van der Waals surface area contributed by atoms with Crippen LogP contribution in [0.25, 0.3) is 0 Å². The zero-order chi connectivity index (χ0) is 11.9. The molecule has 0 aliphatic heterocycles. The van der Waals surface area contributed by atoms with Crippen LogP contribution in [-0.2, 0) is 10.0 Å². The predicted octanol–water partition coefficient (Wildman–Crippen LogP) is 1.62. The van der Waals surface area contributed by atoms with Gasteiger partial charge < -0.3 is 0 Å². The molecule has 0 bridgehead atoms. The monoisotopic (exact) mass is 259 g/mol. The molecule has 88 valence electrons. The SMILES string of the molecule is Cc1sc(C)c(S(=O)(=O)NC2CC2)c1C=O. The highest BCUT2D eigenvalue weighted by atomic mass is 32.2. The number of aldehydes is 1. The molecule has 0 amide bonds. The fourth-order valence-electron chi connectivity index (χ4n) is 1.63. The Kier molecular flexibility index (Phi) is 2.90. The van der Waals surface area contributed by atoms with Crippen molar-refractivity contribution in [3.63, 3.8) is 0 Å². The molecule has 1 aromatic heterocycles. The van der Waals surface area contributed by atoms with Crippen molar-refractivity contribution in [1.29, 1.82) is 0 Å². The molecule has 0 unspecified atom stereocenters. The van der Waals surface area contributed by atoms with Crippen LogP contribution in [0.5, 0.6) is 0 Å². The number of nitrogens with one attached hydrogen (secondary N) is 1. The zero-order valence-electron chi connectivity index (χ0n) is 9.11. The quantitative estimate of drug-likeness (QED) is 0.836. The van der Waals surface area contributed by atoms with Gasteiger partial charge in [0.05, 0.1) is 0 Å². The maximum Gasteiger partial charge on any atom is 0.242 e. The van der Waals surface area contributed by atoms with Crippen LogP contribution in [0.15, 0.2) is 4.90 Å². The summed E-state index contributed by atoms with van der Waals surface area (Å²) in [5.41, 5.74) is 0.302. The summed E-state index contributed by atoms with van der Waals surface area (Å²) in [6.45, 7) is 3.49. The third-order valence-electron chi connectivity index (χ3n) is 2.54. The second kappa shape index (κ2) is 3.94. The van der Waals surface area contributed by atoms with Gasteiger partial charge in [-0.05, 0) is 26.7 Å². The van der Waals surface area contributed by atoms with Gasteiger partial charge in [0.25, 0.3) is 0 Å². The van der Waals surface area contributed by atoms with Crippen LogP contribution in [0.1, 0.15) is 33.0 Å². The average Bonchev–Trinajstić information content (AvgIpc) is 2.90. The summed E-state index contributed by atoms with van der Waals surface area (Å²) >= 11 is 1.34. The van der Waals surface area contributed by atoms with E-state index in [9.17, 15) is 13.2 Å². The molecule has 1 aliphatic carbocycles. The topological polar surface area (TPSA) is 63.2 Å². The highest BCUT2D eigenvalue weighted by Gasteiger charge is 2.31. The minimum atomic E-state index is -3.52. The summed E-state index contributed by atoms with van der Waals surface area (Å²) in [5.74, 6) is 0. The summed E-state index contributed by atoms with van der Waals surface area (Å²) in [6, 6.07) is 0.0594. The molecule has 0 aromatic carbocycles. The van der Waals surface area contributed by atoms with Crippen molar-refractivity contribution in [2.75, 3.05) is 0 Å². The van der Waals surface area contributed by atoms with E-state index in [2.05, 4.69) is 4.72 Å². The molecule has 0 radical (unpaired) electrons. The Morgan fingerprint density at radius 1 is 1.31 bits per heavy atom. The molecular formula is C10H13NO3S2. The van der Waals surface area contributed by atoms with Gasteiger partial charge in [0, 0.05) is 21.4 Å². The number of hydrogen-bond donors (Lipinski definition) is 1. The van der Waals surface area contributed by atoms with E-state index in [1.807, 2.05) is 0 Å². The lowest BCUT2D eigenvalue weighted by molar-refractivity contribution is 0.112. The molecule has 1 saturated carbocycles. The van der Waals surface area contributed by atoms with E-state index in [4.69, 9.17) is 0 Å². The first-order chi connectivity index (χ1) is 7.45. The second-order valence-electron chi connectivity index (χ2n) is 3.97. The molecule has 0 atom stereocenters. The molecule has 6 heteroatoms. The van der Waals surface area contributed by atoms with Gasteiger partial charge in [-0.3, -0.25) is 4.79 Å². The van der Waals surface area contributed by atoms with Gasteiger partial charge in [-0.15, -0.1) is 11.3 Å². The first-order valence-electron chi connectivity index (χ1n) is 5.03. The van der Waals surface area contributed by atoms with E-state index in [0.717, 1.165) is 17.7 Å². The van der Waals surface area contributed by atoms with Gasteiger partial charge in [0.15, 0.2) is 6.29 Å². The minimum absolute atomic E-state index is 0.0594. The lowest BCUT2D eigenvalue weighted by Crippen LogP contribution is -2.26. The molecule has 4 nitrogen and oxygen atoms in total. The Morgan fingerprint density at radius 2 is 1.94 bits per heavy atom. The number of carbonyl (C=O) groups excluding carboxylic acids is 1. The molecule has 0 saturated heterocycles. The van der Waals surface area contributed by atoms with Gasteiger partial charge in [0.2, 0.25) is 10.0 Å². The van der Waals surface area contributed by atoms with Crippen LogP contribution >= 0.6 is 11.3 Å². The number of thiophene rings is 1. The number of carbonyl (C=O) groups is 1. The summed E-state index contributed by atoms with van der Waals surface area (Å²) in [5, 5.41) is 0. The van der Waals surface area contributed by atoms with E-state index in [1.54, 1.807) is 13.8 Å². The van der Waals surface area contributed by atoms with Crippen molar-refractivity contribution in [2.45, 2.75) is 37.6 Å². The molecule has 1 heterocycles. The van der Waals surface area contributed by atoms with Crippen LogP contribution in [0.2, 0.25) is 0 Å². The van der Waals surface area contributed by atoms with Crippen LogP contribution in [0.4, 0.5) is 0 Å². The molecule has 0 spiro atoms. The first-order valence-corrected chi connectivity index (χ1v) is 7.33. The Bertz CT molecular complexity index is 527. The lowest BCUT2D eigenvalue weighted by atomic mass is 10.3. The molecule has 1 aliphatic rings. The van der Waals surface area contributed by atoms with E-state index in [-0.39, 0.29) is 10.9 Å². The Hall–Kier alpha value is -0.720. The predicted molar refractivity (Wildman–Crippen MR) is 62.5 cm³/mol. The number of aryl methyl sites for hydroxylation is 2. The van der Waals surface area contributed by atoms with E-state index >= 15 is 0 Å². The maximum atomic E-state index is 12.0. The Morgan fingerprint density at radius 3 is 2.44 bits per heavy atom. The second-order valence-corrected chi connectivity index (χ2v) is 7.05. The minimum Gasteiger partial charge on any atom is -0.298 e. The molecule has 16 heavy (non-hydrogen) atoms.